The van der Waals surface area contributed by atoms with E-state index < -0.39 is 0 Å². The number of nitriles is 1. The van der Waals surface area contributed by atoms with Crippen LogP contribution in [0.2, 0.25) is 0 Å². The quantitative estimate of drug-likeness (QED) is 0.586. The van der Waals surface area contributed by atoms with Gasteiger partial charge in [-0.05, 0) is 66.0 Å². The van der Waals surface area contributed by atoms with Crippen molar-refractivity contribution in [3.05, 3.63) is 0 Å². The van der Waals surface area contributed by atoms with E-state index in [4.69, 9.17) is 0 Å². The molecule has 0 saturated heterocycles. The van der Waals surface area contributed by atoms with Crippen LogP contribution < -0.4 is 5.32 Å². The van der Waals surface area contributed by atoms with Crippen molar-refractivity contribution in [3.63, 3.8) is 0 Å². The fourth-order valence-corrected chi connectivity index (χ4v) is 2.67. The van der Waals surface area contributed by atoms with Gasteiger partial charge in [0.05, 0.1) is 6.07 Å². The molecular formula is C17H33N3. The molecule has 0 aliphatic heterocycles. The summed E-state index contributed by atoms with van der Waals surface area (Å²) in [5, 5.41) is 12.9. The first-order chi connectivity index (χ1) is 9.50. The maximum Gasteiger partial charge on any atom is 0.104 e. The van der Waals surface area contributed by atoms with Crippen LogP contribution in [-0.4, -0.2) is 35.6 Å². The number of hydrogen-bond acceptors (Lipinski definition) is 3. The van der Waals surface area contributed by atoms with Gasteiger partial charge in [0.25, 0.3) is 0 Å². The van der Waals surface area contributed by atoms with Gasteiger partial charge in [-0.2, -0.15) is 5.26 Å². The minimum Gasteiger partial charge on any atom is -0.301 e. The Kier molecular flexibility index (Phi) is 7.55. The molecule has 20 heavy (non-hydrogen) atoms. The summed E-state index contributed by atoms with van der Waals surface area (Å²) in [6, 6.07) is 3.69. The lowest BCUT2D eigenvalue weighted by Gasteiger charge is -2.29. The van der Waals surface area contributed by atoms with Crippen LogP contribution in [0.25, 0.3) is 0 Å². The molecule has 1 aliphatic carbocycles. The van der Waals surface area contributed by atoms with E-state index in [0.29, 0.717) is 12.1 Å². The van der Waals surface area contributed by atoms with Gasteiger partial charge in [0.2, 0.25) is 0 Å². The van der Waals surface area contributed by atoms with Crippen LogP contribution >= 0.6 is 0 Å². The van der Waals surface area contributed by atoms with Gasteiger partial charge in [0.1, 0.15) is 5.54 Å². The molecule has 3 nitrogen and oxygen atoms in total. The molecule has 1 unspecified atom stereocenters. The van der Waals surface area contributed by atoms with Gasteiger partial charge in [-0.1, -0.05) is 19.8 Å². The lowest BCUT2D eigenvalue weighted by molar-refractivity contribution is 0.206. The van der Waals surface area contributed by atoms with Gasteiger partial charge in [-0.25, -0.2) is 0 Å². The summed E-state index contributed by atoms with van der Waals surface area (Å²) < 4.78 is 0. The zero-order chi connectivity index (χ0) is 15.0. The summed E-state index contributed by atoms with van der Waals surface area (Å²) in [6.07, 6.45) is 8.44. The first-order valence-electron chi connectivity index (χ1n) is 8.43. The number of rotatable bonds is 11. The van der Waals surface area contributed by atoms with Crippen molar-refractivity contribution < 1.29 is 0 Å². The highest BCUT2D eigenvalue weighted by Gasteiger charge is 2.32. The van der Waals surface area contributed by atoms with E-state index in [0.717, 1.165) is 19.4 Å². The van der Waals surface area contributed by atoms with Crippen LogP contribution in [0.4, 0.5) is 0 Å². The predicted molar refractivity (Wildman–Crippen MR) is 85.6 cm³/mol. The summed E-state index contributed by atoms with van der Waals surface area (Å²) in [6.45, 7) is 11.2. The lowest BCUT2D eigenvalue weighted by Crippen LogP contribution is -2.43. The maximum absolute atomic E-state index is 9.38. The molecule has 0 aromatic rings. The highest BCUT2D eigenvalue weighted by Crippen LogP contribution is 2.24. The summed E-state index contributed by atoms with van der Waals surface area (Å²) in [5.41, 5.74) is -0.326. The fraction of sp³-hybridized carbons (Fsp3) is 0.941. The minimum atomic E-state index is -0.326. The number of nitrogens with zero attached hydrogens (tertiary/aromatic N) is 2. The smallest absolute Gasteiger partial charge is 0.104 e. The molecule has 116 valence electrons. The number of unbranched alkanes of at least 4 members (excludes halogenated alkanes) is 2. The second-order valence-corrected chi connectivity index (χ2v) is 6.80. The third kappa shape index (κ3) is 6.72. The van der Waals surface area contributed by atoms with Crippen molar-refractivity contribution in [2.75, 3.05) is 13.1 Å². The molecule has 1 rings (SSSR count). The van der Waals surface area contributed by atoms with Crippen molar-refractivity contribution >= 4 is 0 Å². The average Bonchev–Trinajstić information content (AvgIpc) is 3.20. The van der Waals surface area contributed by atoms with Gasteiger partial charge < -0.3 is 4.90 Å². The molecule has 0 radical (unpaired) electrons. The van der Waals surface area contributed by atoms with E-state index in [-0.39, 0.29) is 5.54 Å². The minimum absolute atomic E-state index is 0.326. The first kappa shape index (κ1) is 17.5. The lowest BCUT2D eigenvalue weighted by atomic mass is 9.97. The van der Waals surface area contributed by atoms with E-state index in [2.05, 4.69) is 44.0 Å². The van der Waals surface area contributed by atoms with E-state index in [1.165, 1.54) is 38.6 Å². The Morgan fingerprint density at radius 1 is 1.25 bits per heavy atom. The molecule has 0 spiro atoms. The molecule has 3 heteroatoms. The van der Waals surface area contributed by atoms with E-state index in [1.807, 2.05) is 0 Å². The van der Waals surface area contributed by atoms with Crippen molar-refractivity contribution in [2.45, 2.75) is 90.3 Å². The largest absolute Gasteiger partial charge is 0.301 e. The topological polar surface area (TPSA) is 39.1 Å². The Bertz CT molecular complexity index is 304. The third-order valence-corrected chi connectivity index (χ3v) is 4.25. The molecule has 0 aromatic carbocycles. The van der Waals surface area contributed by atoms with Gasteiger partial charge in [0, 0.05) is 12.1 Å². The van der Waals surface area contributed by atoms with Crippen molar-refractivity contribution in [2.24, 2.45) is 0 Å². The zero-order valence-corrected chi connectivity index (χ0v) is 13.9. The van der Waals surface area contributed by atoms with Crippen LogP contribution in [0.1, 0.15) is 72.6 Å². The number of nitrogens with one attached hydrogen (secondary N) is 1. The van der Waals surface area contributed by atoms with Gasteiger partial charge in [0.15, 0.2) is 0 Å². The molecule has 0 aromatic heterocycles. The summed E-state index contributed by atoms with van der Waals surface area (Å²) in [4.78, 5) is 2.56. The Balaban J connectivity index is 2.28. The SMILES string of the molecule is CCCCCN(CCCC(C)(C#N)NC1CC1)C(C)C. The van der Waals surface area contributed by atoms with Gasteiger partial charge in [-0.15, -0.1) is 0 Å². The van der Waals surface area contributed by atoms with E-state index >= 15 is 0 Å². The highest BCUT2D eigenvalue weighted by molar-refractivity contribution is 5.07. The monoisotopic (exact) mass is 279 g/mol. The Morgan fingerprint density at radius 2 is 1.90 bits per heavy atom. The third-order valence-electron chi connectivity index (χ3n) is 4.25. The average molecular weight is 279 g/mol. The Hall–Kier alpha value is -0.590. The molecule has 1 fully saturated rings. The number of hydrogen-bond donors (Lipinski definition) is 1. The van der Waals surface area contributed by atoms with Gasteiger partial charge >= 0.3 is 0 Å². The molecule has 0 heterocycles. The first-order valence-corrected chi connectivity index (χ1v) is 8.43. The van der Waals surface area contributed by atoms with Crippen LogP contribution in [0.5, 0.6) is 0 Å². The molecule has 1 N–H and O–H groups in total. The predicted octanol–water partition coefficient (Wildman–Crippen LogP) is 3.70. The van der Waals surface area contributed by atoms with Gasteiger partial charge in [-0.3, -0.25) is 5.32 Å². The fourth-order valence-electron chi connectivity index (χ4n) is 2.67. The van der Waals surface area contributed by atoms with Crippen LogP contribution in [-0.2, 0) is 0 Å². The molecule has 1 atom stereocenters. The maximum atomic E-state index is 9.38. The van der Waals surface area contributed by atoms with Crippen molar-refractivity contribution in [1.29, 1.82) is 5.26 Å². The standard InChI is InChI=1S/C17H33N3/c1-5-6-7-12-20(15(2)3)13-8-11-17(4,14-18)19-16-9-10-16/h15-16,19H,5-13H2,1-4H3. The highest BCUT2D eigenvalue weighted by atomic mass is 15.1. The zero-order valence-electron chi connectivity index (χ0n) is 13.9. The summed E-state index contributed by atoms with van der Waals surface area (Å²) in [7, 11) is 0. The normalized spacial score (nSPS) is 18.2. The van der Waals surface area contributed by atoms with E-state index in [9.17, 15) is 5.26 Å². The molecule has 1 aliphatic rings. The van der Waals surface area contributed by atoms with Crippen molar-refractivity contribution in [3.8, 4) is 6.07 Å². The van der Waals surface area contributed by atoms with Crippen LogP contribution in [0.15, 0.2) is 0 Å². The second-order valence-electron chi connectivity index (χ2n) is 6.80. The molecule has 0 amide bonds. The van der Waals surface area contributed by atoms with Crippen LogP contribution in [0, 0.1) is 11.3 Å². The Labute approximate surface area is 125 Å². The van der Waals surface area contributed by atoms with E-state index in [1.54, 1.807) is 0 Å². The summed E-state index contributed by atoms with van der Waals surface area (Å²) in [5.74, 6) is 0. The summed E-state index contributed by atoms with van der Waals surface area (Å²) >= 11 is 0. The van der Waals surface area contributed by atoms with Crippen molar-refractivity contribution in [1.82, 2.24) is 10.2 Å². The molecule has 1 saturated carbocycles. The molecular weight excluding hydrogens is 246 g/mol. The van der Waals surface area contributed by atoms with Crippen LogP contribution in [0.3, 0.4) is 0 Å². The Morgan fingerprint density at radius 3 is 2.40 bits per heavy atom. The molecule has 0 bridgehead atoms. The second kappa shape index (κ2) is 8.64.